The van der Waals surface area contributed by atoms with Crippen molar-refractivity contribution < 1.29 is 9.59 Å². The molecule has 296 valence electrons. The zero-order chi connectivity index (χ0) is 39.8. The van der Waals surface area contributed by atoms with E-state index in [0.29, 0.717) is 24.2 Å². The predicted molar refractivity (Wildman–Crippen MR) is 239 cm³/mol. The Hall–Kier alpha value is -4.96. The number of alkyl halides is 1. The zero-order valence-electron chi connectivity index (χ0n) is 33.3. The van der Waals surface area contributed by atoms with Crippen LogP contribution in [0.25, 0.3) is 44.3 Å². The summed E-state index contributed by atoms with van der Waals surface area (Å²) >= 11 is 3.34. The molecule has 2 fully saturated rings. The lowest BCUT2D eigenvalue weighted by Crippen LogP contribution is -2.37. The predicted octanol–water partition coefficient (Wildman–Crippen LogP) is 9.52. The second-order valence-corrected chi connectivity index (χ2v) is 15.6. The number of halogens is 1. The number of hydrogen-bond acceptors (Lipinski definition) is 6. The van der Waals surface area contributed by atoms with E-state index < -0.39 is 0 Å². The molecule has 0 unspecified atom stereocenters. The third-order valence-electron chi connectivity index (χ3n) is 10.3. The van der Waals surface area contributed by atoms with E-state index in [-0.39, 0.29) is 11.8 Å². The van der Waals surface area contributed by atoms with Crippen LogP contribution in [0.3, 0.4) is 0 Å². The molecule has 8 rings (SSSR count). The number of carbonyl (C=O) groups excluding carboxylic acids is 2. The molecule has 0 spiro atoms. The largest absolute Gasteiger partial charge is 0.351 e. The van der Waals surface area contributed by atoms with E-state index in [9.17, 15) is 9.59 Å². The van der Waals surface area contributed by atoms with Gasteiger partial charge in [-0.2, -0.15) is 0 Å². The summed E-state index contributed by atoms with van der Waals surface area (Å²) in [5.74, 6) is -0.0909. The molecule has 0 atom stereocenters. The summed E-state index contributed by atoms with van der Waals surface area (Å²) in [4.78, 5) is 37.5. The Morgan fingerprint density at radius 3 is 1.53 bits per heavy atom. The van der Waals surface area contributed by atoms with Gasteiger partial charge in [0.05, 0.1) is 33.5 Å². The maximum atomic E-state index is 13.0. The van der Waals surface area contributed by atoms with Crippen molar-refractivity contribution in [3.8, 4) is 22.5 Å². The third kappa shape index (κ3) is 12.0. The number of aromatic nitrogens is 2. The lowest BCUT2D eigenvalue weighted by atomic mass is 10.0. The summed E-state index contributed by atoms with van der Waals surface area (Å²) < 4.78 is 0. The topological polar surface area (TPSA) is 99.2 Å². The molecule has 0 bridgehead atoms. The Morgan fingerprint density at radius 2 is 1.09 bits per heavy atom. The Labute approximate surface area is 346 Å². The average molecular weight is 828 g/mol. The van der Waals surface area contributed by atoms with Crippen molar-refractivity contribution in [2.75, 3.05) is 51.1 Å². The molecule has 2 aromatic heterocycles. The van der Waals surface area contributed by atoms with Crippen molar-refractivity contribution >= 4 is 49.6 Å². The van der Waals surface area contributed by atoms with E-state index in [1.807, 2.05) is 117 Å². The normalized spacial score (nSPS) is 14.2. The zero-order valence-corrected chi connectivity index (χ0v) is 34.9. The van der Waals surface area contributed by atoms with Crippen molar-refractivity contribution in [2.24, 2.45) is 0 Å². The molecule has 9 heteroatoms. The first-order valence-corrected chi connectivity index (χ1v) is 21.5. The highest BCUT2D eigenvalue weighted by Gasteiger charge is 2.16. The van der Waals surface area contributed by atoms with Crippen LogP contribution < -0.4 is 16.0 Å². The van der Waals surface area contributed by atoms with Crippen LogP contribution in [0.1, 0.15) is 70.4 Å². The Bertz CT molecular complexity index is 2210. The standard InChI is InChI=1S/C24H27N3O.C19H17BrN2O.C5H11N/c1-18-10-11-22-20(16-18)21(17-23(26-22)19-8-4-2-5-9-19)24(28)25-12-15-27-13-6-3-7-14-27;1-13-7-8-17-15(11-13)16(19(23)21-10-9-20)12-18(22-17)14-5-3-2-4-6-14;1-2-4-6-5-3-1/h2,4-5,8-11,16-17H,3,6-7,12-15H2,1H3,(H,25,28);2-8,11-12H,9-10H2,1H3,(H,21,23);6H,1-5H2. The molecule has 0 aliphatic carbocycles. The molecule has 2 saturated heterocycles. The molecule has 2 aliphatic heterocycles. The molecule has 4 heterocycles. The number of amides is 2. The van der Waals surface area contributed by atoms with Crippen molar-refractivity contribution in [3.63, 3.8) is 0 Å². The lowest BCUT2D eigenvalue weighted by Gasteiger charge is -2.26. The van der Waals surface area contributed by atoms with Gasteiger partial charge in [0.1, 0.15) is 0 Å². The van der Waals surface area contributed by atoms with Gasteiger partial charge in [-0.05, 0) is 102 Å². The van der Waals surface area contributed by atoms with Crippen LogP contribution in [0.15, 0.2) is 109 Å². The summed E-state index contributed by atoms with van der Waals surface area (Å²) in [6.45, 7) is 11.0. The molecule has 0 radical (unpaired) electrons. The van der Waals surface area contributed by atoms with E-state index >= 15 is 0 Å². The summed E-state index contributed by atoms with van der Waals surface area (Å²) in [6.07, 6.45) is 8.08. The SMILES string of the molecule is C1CCNCC1.Cc1ccc2nc(-c3ccccc3)cc(C(=O)NCCBr)c2c1.Cc1ccc2nc(-c3ccccc3)cc(C(=O)NCCN3CCCCC3)c2c1. The molecule has 2 aliphatic rings. The van der Waals surface area contributed by atoms with Gasteiger partial charge in [0.25, 0.3) is 11.8 Å². The van der Waals surface area contributed by atoms with Gasteiger partial charge in [-0.25, -0.2) is 9.97 Å². The number of fused-ring (bicyclic) bond motifs is 2. The maximum Gasteiger partial charge on any atom is 0.252 e. The lowest BCUT2D eigenvalue weighted by molar-refractivity contribution is 0.0943. The second-order valence-electron chi connectivity index (χ2n) is 14.8. The van der Waals surface area contributed by atoms with Crippen LogP contribution in [0.5, 0.6) is 0 Å². The number of nitrogens with one attached hydrogen (secondary N) is 3. The molecular formula is C48H55BrN6O2. The number of aryl methyl sites for hydroxylation is 2. The fourth-order valence-corrected chi connectivity index (χ4v) is 7.43. The van der Waals surface area contributed by atoms with Gasteiger partial charge < -0.3 is 20.9 Å². The number of carbonyl (C=O) groups is 2. The van der Waals surface area contributed by atoms with Crippen LogP contribution >= 0.6 is 15.9 Å². The molecule has 57 heavy (non-hydrogen) atoms. The van der Waals surface area contributed by atoms with E-state index in [0.717, 1.165) is 80.4 Å². The summed E-state index contributed by atoms with van der Waals surface area (Å²) in [7, 11) is 0. The minimum absolute atomic E-state index is 0.0211. The first-order chi connectivity index (χ1) is 27.9. The minimum Gasteiger partial charge on any atom is -0.351 e. The van der Waals surface area contributed by atoms with Crippen molar-refractivity contribution in [1.29, 1.82) is 0 Å². The van der Waals surface area contributed by atoms with Gasteiger partial charge in [-0.1, -0.05) is 113 Å². The third-order valence-corrected chi connectivity index (χ3v) is 10.7. The van der Waals surface area contributed by atoms with E-state index in [4.69, 9.17) is 9.97 Å². The molecule has 8 nitrogen and oxygen atoms in total. The quantitative estimate of drug-likeness (QED) is 0.126. The minimum atomic E-state index is -0.0698. The average Bonchev–Trinajstić information content (AvgIpc) is 3.27. The van der Waals surface area contributed by atoms with Crippen molar-refractivity contribution in [2.45, 2.75) is 52.4 Å². The van der Waals surface area contributed by atoms with Crippen LogP contribution in [-0.4, -0.2) is 77.8 Å². The van der Waals surface area contributed by atoms with Crippen LogP contribution in [0.2, 0.25) is 0 Å². The number of piperidine rings is 2. The number of pyridine rings is 2. The van der Waals surface area contributed by atoms with Gasteiger partial charge in [0.15, 0.2) is 0 Å². The highest BCUT2D eigenvalue weighted by Crippen LogP contribution is 2.27. The highest BCUT2D eigenvalue weighted by atomic mass is 79.9. The molecule has 3 N–H and O–H groups in total. The number of likely N-dealkylation sites (tertiary alicyclic amines) is 1. The van der Waals surface area contributed by atoms with Crippen molar-refractivity contribution in [1.82, 2.24) is 30.8 Å². The molecule has 0 saturated carbocycles. The summed E-state index contributed by atoms with van der Waals surface area (Å²) in [6, 6.07) is 35.9. The number of nitrogens with zero attached hydrogens (tertiary/aromatic N) is 3. The van der Waals surface area contributed by atoms with E-state index in [2.05, 4.69) is 42.8 Å². The van der Waals surface area contributed by atoms with Crippen LogP contribution in [0, 0.1) is 13.8 Å². The Kier molecular flexibility index (Phi) is 15.7. The van der Waals surface area contributed by atoms with Crippen molar-refractivity contribution in [3.05, 3.63) is 131 Å². The van der Waals surface area contributed by atoms with E-state index in [1.165, 1.54) is 51.6 Å². The molecule has 2 amide bonds. The number of rotatable bonds is 9. The summed E-state index contributed by atoms with van der Waals surface area (Å²) in [5.41, 5.74) is 8.96. The maximum absolute atomic E-state index is 13.0. The molecule has 6 aromatic rings. The van der Waals surface area contributed by atoms with Crippen LogP contribution in [-0.2, 0) is 0 Å². The van der Waals surface area contributed by atoms with Gasteiger partial charge in [-0.15, -0.1) is 0 Å². The van der Waals surface area contributed by atoms with Gasteiger partial charge >= 0.3 is 0 Å². The highest BCUT2D eigenvalue weighted by molar-refractivity contribution is 9.09. The van der Waals surface area contributed by atoms with Gasteiger partial charge in [0, 0.05) is 46.9 Å². The Morgan fingerprint density at radius 1 is 0.614 bits per heavy atom. The molecular weight excluding hydrogens is 772 g/mol. The fraction of sp³-hybridized carbons (Fsp3) is 0.333. The fourth-order valence-electron chi connectivity index (χ4n) is 7.23. The first-order valence-electron chi connectivity index (χ1n) is 20.4. The second kappa shape index (κ2) is 21.5. The smallest absolute Gasteiger partial charge is 0.252 e. The first kappa shape index (κ1) is 41.7. The summed E-state index contributed by atoms with van der Waals surface area (Å²) in [5, 5.41) is 11.9. The number of benzene rings is 4. The monoisotopic (exact) mass is 826 g/mol. The van der Waals surface area contributed by atoms with Gasteiger partial charge in [-0.3, -0.25) is 9.59 Å². The van der Waals surface area contributed by atoms with Gasteiger partial charge in [0.2, 0.25) is 0 Å². The molecule has 4 aromatic carbocycles. The number of hydrogen-bond donors (Lipinski definition) is 3. The Balaban J connectivity index is 0.000000170. The van der Waals surface area contributed by atoms with Crippen LogP contribution in [0.4, 0.5) is 0 Å². The van der Waals surface area contributed by atoms with E-state index in [1.54, 1.807) is 0 Å².